The molecule has 0 amide bonds. The number of hydrogen-bond donors (Lipinski definition) is 0. The van der Waals surface area contributed by atoms with Crippen molar-refractivity contribution in [3.05, 3.63) is 319 Å². The Hall–Kier alpha value is -8.10. The van der Waals surface area contributed by atoms with Gasteiger partial charge in [-0.25, -0.2) is 0 Å². The first-order valence-corrected chi connectivity index (χ1v) is 67.4. The van der Waals surface area contributed by atoms with Gasteiger partial charge in [0.05, 0.1) is 0 Å². The van der Waals surface area contributed by atoms with Gasteiger partial charge in [0.25, 0.3) is 0 Å². The summed E-state index contributed by atoms with van der Waals surface area (Å²) in [5.74, 6) is 0. The molecule has 7 heterocycles. The van der Waals surface area contributed by atoms with E-state index >= 15 is 0 Å². The van der Waals surface area contributed by atoms with E-state index in [4.69, 9.17) is 23.2 Å². The van der Waals surface area contributed by atoms with Crippen LogP contribution in [0.2, 0.25) is 23.4 Å². The molecule has 4 aliphatic rings. The Kier molecular flexibility index (Phi) is 33.6. The average molecular weight is 2190 g/mol. The van der Waals surface area contributed by atoms with Gasteiger partial charge in [-0.1, -0.05) is 508 Å². The van der Waals surface area contributed by atoms with Gasteiger partial charge < -0.3 is 0 Å². The van der Waals surface area contributed by atoms with Gasteiger partial charge >= 0.3 is 123 Å². The molecule has 4 aliphatic heterocycles. The standard InChI is InChI=1S/C66H76B2S2.C58H70B2Cl2.C4H3S.3C4H9.Sn/c1-61(2,3)47-37-49(63(7,8)9)59(50(38-47)64(10,11)12)67-53-29-27-45(57-21-19-31-69-57)33-41(53)23-25-43-36-56-44(35-55(43)67)26-24-42-34-46(58-22-20-32-70-58)28-30-54(42)68(56)60-51(65(13,14)15)39-48(62(4,5)6)40-52(60)66(16,17)18;1-53(2,3)39-29-43(55(7,8)9)51(44(30-39)56(10,11)12)59-47-27-38-22-20-36-24-26-42(62)34-50(36)60(48(38)28-37(47)21-19-35-23-25-41(61)33-49(35)59)52-45(57(13,14)15)31-40(54(4,5)6)32-46(52)58(16,17)18;1-2-4-5-3-1;3*1-3-4-2;/h19-40H,1-18H3;19-34H,1-18H3;1-3H;3*1,3-4H2,2H3;. The van der Waals surface area contributed by atoms with Crippen LogP contribution in [-0.4, -0.2) is 45.2 Å². The summed E-state index contributed by atoms with van der Waals surface area (Å²) < 4.78 is 6.67. The zero-order valence-corrected chi connectivity index (χ0v) is 106. The van der Waals surface area contributed by atoms with Crippen molar-refractivity contribution < 1.29 is 0 Å². The molecule has 0 saturated heterocycles. The summed E-state index contributed by atoms with van der Waals surface area (Å²) in [5, 5.41) is 8.23. The summed E-state index contributed by atoms with van der Waals surface area (Å²) in [6.45, 7) is 93.0. The SMILES string of the molecule is CC(C)(C)c1cc(C(C)(C)C)c(B2c3cc(Cl)ccc3C=Cc3cc4c(cc32)C=Cc2ccc(Cl)cc2B4c2c(C(C)(C)C)cc(C(C)(C)C)cc2C(C)(C)C)c(C(C)(C)C)c1.CC(C)(C)c1cc(C(C)(C)C)c(B2c3ccc(-c4cccs4)cc3C=Cc3cc4c(cc32)C=Cc2cc(-c3cccs3)ccc2B4c2c(C(C)(C)C)cc(C(C)(C)C)cc2C(C)(C)C)c(C(C)(C)C)c1.CCC[CH2][Sn]([CH2]CCC)([CH2]CCC)[c]1cccs1. The third-order valence-corrected chi connectivity index (χ3v) is 54.2. The van der Waals surface area contributed by atoms with Gasteiger partial charge in [0.15, 0.2) is 0 Å². The number of fused-ring (bicyclic) bond motifs is 8. The molecule has 0 nitrogen and oxygen atoms in total. The predicted molar refractivity (Wildman–Crippen MR) is 689 cm³/mol. The van der Waals surface area contributed by atoms with Gasteiger partial charge in [0.2, 0.25) is 26.9 Å². The van der Waals surface area contributed by atoms with Crippen molar-refractivity contribution in [2.45, 2.75) is 387 Å². The number of rotatable bonds is 16. The van der Waals surface area contributed by atoms with E-state index in [-0.39, 0.29) is 91.8 Å². The molecule has 0 bridgehead atoms. The minimum atomic E-state index is -2.01. The van der Waals surface area contributed by atoms with Crippen LogP contribution in [0.5, 0.6) is 0 Å². The van der Waals surface area contributed by atoms with Crippen LogP contribution in [-0.2, 0) is 65.0 Å². The summed E-state index contributed by atoms with van der Waals surface area (Å²) in [6.07, 6.45) is 27.8. The Balaban J connectivity index is 0.000000193. The van der Waals surface area contributed by atoms with Gasteiger partial charge in [0, 0.05) is 19.8 Å². The van der Waals surface area contributed by atoms with Crippen LogP contribution in [0.1, 0.15) is 420 Å². The number of thiophene rings is 3. The van der Waals surface area contributed by atoms with Crippen molar-refractivity contribution in [2.75, 3.05) is 0 Å². The zero-order valence-electron chi connectivity index (χ0n) is 99.3. The number of unbranched alkanes of at least 4 members (excludes halogenated alkanes) is 3. The quantitative estimate of drug-likeness (QED) is 0.0846. The molecule has 0 saturated carbocycles. The number of halogens is 2. The normalized spacial score (nSPS) is 14.1. The van der Waals surface area contributed by atoms with Crippen LogP contribution in [0.4, 0.5) is 0 Å². The van der Waals surface area contributed by atoms with Gasteiger partial charge in [-0.05, 0) is 247 Å². The van der Waals surface area contributed by atoms with E-state index in [1.807, 2.05) is 37.7 Å². The van der Waals surface area contributed by atoms with Crippen molar-refractivity contribution in [2.24, 2.45) is 0 Å². The second kappa shape index (κ2) is 43.5. The first-order chi connectivity index (χ1) is 69.6. The van der Waals surface area contributed by atoms with E-state index in [9.17, 15) is 0 Å². The Morgan fingerprint density at radius 1 is 0.220 bits per heavy atom. The molecule has 13 aromatic rings. The second-order valence-electron chi connectivity index (χ2n) is 57.0. The van der Waals surface area contributed by atoms with E-state index in [0.717, 1.165) is 10.0 Å². The fourth-order valence-electron chi connectivity index (χ4n) is 24.0. The number of benzene rings is 10. The predicted octanol–water partition coefficient (Wildman–Crippen LogP) is 33.5. The molecule has 0 radical (unpaired) electrons. The number of hydrogen-bond acceptors (Lipinski definition) is 3. The van der Waals surface area contributed by atoms with Crippen LogP contribution in [0.25, 0.3) is 69.5 Å². The third kappa shape index (κ3) is 24.8. The Morgan fingerprint density at radius 3 is 0.653 bits per heavy atom. The molecule has 0 fully saturated rings. The summed E-state index contributed by atoms with van der Waals surface area (Å²) in [5.41, 5.74) is 44.9. The third-order valence-electron chi connectivity index (χ3n) is 32.6. The Bertz CT molecular complexity index is 6690. The van der Waals surface area contributed by atoms with Gasteiger partial charge in [-0.2, -0.15) is 0 Å². The summed E-state index contributed by atoms with van der Waals surface area (Å²) in [6, 6.07) is 72.0. The Morgan fingerprint density at radius 2 is 0.440 bits per heavy atom. The van der Waals surface area contributed by atoms with E-state index in [1.165, 1.54) is 236 Å². The molecular formula is C140H176B4Cl2S3Sn. The molecular weight excluding hydrogens is 2010 g/mol. The molecule has 0 atom stereocenters. The maximum absolute atomic E-state index is 7.04. The van der Waals surface area contributed by atoms with Crippen LogP contribution < -0.4 is 68.4 Å². The molecule has 150 heavy (non-hydrogen) atoms. The second-order valence-corrected chi connectivity index (χ2v) is 74.9. The summed E-state index contributed by atoms with van der Waals surface area (Å²) >= 11 is 17.8. The van der Waals surface area contributed by atoms with Crippen molar-refractivity contribution in [3.63, 3.8) is 0 Å². The molecule has 10 heteroatoms. The molecule has 0 aliphatic carbocycles. The van der Waals surface area contributed by atoms with Crippen molar-refractivity contribution in [1.82, 2.24) is 0 Å². The molecule has 0 spiro atoms. The first-order valence-electron chi connectivity index (χ1n) is 56.5. The Labute approximate surface area is 938 Å². The molecule has 784 valence electrons. The van der Waals surface area contributed by atoms with E-state index in [0.29, 0.717) is 0 Å². The van der Waals surface area contributed by atoms with Crippen LogP contribution in [0, 0.1) is 0 Å². The minimum absolute atomic E-state index is 0.00658. The molecule has 10 aromatic carbocycles. The van der Waals surface area contributed by atoms with E-state index < -0.39 is 18.4 Å². The van der Waals surface area contributed by atoms with Crippen molar-refractivity contribution >= 4 is 219 Å². The van der Waals surface area contributed by atoms with Gasteiger partial charge in [0.1, 0.15) is 0 Å². The fraction of sp³-hybridized carbons (Fsp3) is 0.429. The van der Waals surface area contributed by atoms with Crippen LogP contribution in [0.15, 0.2) is 198 Å². The van der Waals surface area contributed by atoms with E-state index in [2.05, 4.69) is 516 Å². The molecule has 0 N–H and O–H groups in total. The first kappa shape index (κ1) is 116. The zero-order chi connectivity index (χ0) is 110. The fourth-order valence-corrected chi connectivity index (χ4v) is 45.7. The van der Waals surface area contributed by atoms with Crippen LogP contribution >= 0.6 is 57.2 Å². The van der Waals surface area contributed by atoms with Gasteiger partial charge in [-0.3, -0.25) is 0 Å². The molecule has 0 unspecified atom stereocenters. The van der Waals surface area contributed by atoms with E-state index in [1.54, 1.807) is 13.3 Å². The van der Waals surface area contributed by atoms with Crippen molar-refractivity contribution in [3.8, 4) is 20.9 Å². The topological polar surface area (TPSA) is 0 Å². The molecule has 17 rings (SSSR count). The summed E-state index contributed by atoms with van der Waals surface area (Å²) in [7, 11) is 0. The monoisotopic (exact) mass is 2190 g/mol. The van der Waals surface area contributed by atoms with Crippen molar-refractivity contribution in [1.29, 1.82) is 0 Å². The molecule has 3 aromatic heterocycles. The maximum atomic E-state index is 7.04. The van der Waals surface area contributed by atoms with Gasteiger partial charge in [-0.15, -0.1) is 22.7 Å². The summed E-state index contributed by atoms with van der Waals surface area (Å²) in [4.78, 5) is 2.61. The average Bonchev–Trinajstić information content (AvgIpc) is 1.37. The van der Waals surface area contributed by atoms with Crippen LogP contribution in [0.3, 0.4) is 0 Å².